The summed E-state index contributed by atoms with van der Waals surface area (Å²) in [6, 6.07) is 8.38. The molecule has 0 unspecified atom stereocenters. The molecule has 0 atom stereocenters. The summed E-state index contributed by atoms with van der Waals surface area (Å²) in [6.45, 7) is 0. The molecule has 0 radical (unpaired) electrons. The van der Waals surface area contributed by atoms with Gasteiger partial charge < -0.3 is 10.7 Å². The van der Waals surface area contributed by atoms with Crippen LogP contribution in [0.15, 0.2) is 18.2 Å². The summed E-state index contributed by atoms with van der Waals surface area (Å²) < 4.78 is 0. The molecule has 2 N–H and O–H groups in total. The van der Waals surface area contributed by atoms with Crippen LogP contribution in [0.4, 0.5) is 5.69 Å². The van der Waals surface area contributed by atoms with Gasteiger partial charge in [0.2, 0.25) is 0 Å². The molecule has 0 aliphatic carbocycles. The minimum Gasteiger partial charge on any atom is -0.439 e. The molecule has 0 aliphatic heterocycles. The molecule has 52 valence electrons. The van der Waals surface area contributed by atoms with Gasteiger partial charge in [-0.15, -0.1) is 0 Å². The van der Waals surface area contributed by atoms with Crippen LogP contribution in [0.1, 0.15) is 5.56 Å². The number of anilines is 1. The zero-order valence-corrected chi connectivity index (χ0v) is 9.93. The Bertz CT molecular complexity index is 235. The Morgan fingerprint density at radius 3 is 2.82 bits per heavy atom. The SMILES string of the molecule is CNc1c[c-]ccc1C=N.[K+]. The molecule has 0 saturated carbocycles. The van der Waals surface area contributed by atoms with Gasteiger partial charge in [0.1, 0.15) is 0 Å². The van der Waals surface area contributed by atoms with Crippen molar-refractivity contribution in [2.45, 2.75) is 0 Å². The minimum atomic E-state index is 0. The van der Waals surface area contributed by atoms with E-state index >= 15 is 0 Å². The predicted molar refractivity (Wildman–Crippen MR) is 42.7 cm³/mol. The molecule has 0 aromatic heterocycles. The molecule has 0 heterocycles. The molecular formula is C8H9KN2. The molecule has 0 aliphatic rings. The summed E-state index contributed by atoms with van der Waals surface area (Å²) in [5, 5.41) is 9.97. The average Bonchev–Trinajstić information content (AvgIpc) is 2.04. The zero-order chi connectivity index (χ0) is 7.40. The Kier molecular flexibility index (Phi) is 6.09. The summed E-state index contributed by atoms with van der Waals surface area (Å²) in [4.78, 5) is 0. The van der Waals surface area contributed by atoms with E-state index in [4.69, 9.17) is 5.41 Å². The Morgan fingerprint density at radius 1 is 1.64 bits per heavy atom. The van der Waals surface area contributed by atoms with E-state index in [9.17, 15) is 0 Å². The normalized spacial score (nSPS) is 8.09. The van der Waals surface area contributed by atoms with Crippen LogP contribution in [0.2, 0.25) is 0 Å². The minimum absolute atomic E-state index is 0. The molecule has 2 nitrogen and oxygen atoms in total. The van der Waals surface area contributed by atoms with Gasteiger partial charge in [-0.3, -0.25) is 0 Å². The van der Waals surface area contributed by atoms with E-state index in [0.29, 0.717) is 0 Å². The van der Waals surface area contributed by atoms with Gasteiger partial charge >= 0.3 is 51.4 Å². The van der Waals surface area contributed by atoms with E-state index in [1.54, 1.807) is 6.07 Å². The number of nitrogens with one attached hydrogen (secondary N) is 2. The third kappa shape index (κ3) is 3.05. The number of benzene rings is 1. The van der Waals surface area contributed by atoms with Crippen LogP contribution in [0.25, 0.3) is 0 Å². The van der Waals surface area contributed by atoms with E-state index < -0.39 is 0 Å². The number of hydrogen-bond donors (Lipinski definition) is 2. The Labute approximate surface area is 109 Å². The second kappa shape index (κ2) is 5.91. The van der Waals surface area contributed by atoms with Crippen LogP contribution < -0.4 is 56.7 Å². The first-order valence-electron chi connectivity index (χ1n) is 3.07. The quantitative estimate of drug-likeness (QED) is 0.319. The van der Waals surface area contributed by atoms with Crippen molar-refractivity contribution in [2.75, 3.05) is 12.4 Å². The fraction of sp³-hybridized carbons (Fsp3) is 0.125. The van der Waals surface area contributed by atoms with E-state index in [1.165, 1.54) is 6.21 Å². The third-order valence-electron chi connectivity index (χ3n) is 1.32. The Morgan fingerprint density at radius 2 is 2.36 bits per heavy atom. The molecule has 1 aromatic carbocycles. The first-order chi connectivity index (χ1) is 4.88. The van der Waals surface area contributed by atoms with Crippen molar-refractivity contribution in [3.05, 3.63) is 29.8 Å². The van der Waals surface area contributed by atoms with Crippen molar-refractivity contribution in [1.29, 1.82) is 5.41 Å². The van der Waals surface area contributed by atoms with Gasteiger partial charge in [-0.25, -0.2) is 0 Å². The molecule has 0 spiro atoms. The van der Waals surface area contributed by atoms with Crippen molar-refractivity contribution in [1.82, 2.24) is 0 Å². The molecule has 1 rings (SSSR count). The standard InChI is InChI=1S/C8H9N2.K/c1-10-8-5-3-2-4-7(8)6-9;/h2,4-6,9-10H,1H3;/q-1;+1. The maximum atomic E-state index is 7.01. The molecule has 3 heteroatoms. The van der Waals surface area contributed by atoms with Crippen LogP contribution >= 0.6 is 0 Å². The van der Waals surface area contributed by atoms with E-state index in [1.807, 2.05) is 19.2 Å². The molecular weight excluding hydrogens is 163 g/mol. The largest absolute Gasteiger partial charge is 1.00 e. The molecule has 0 saturated heterocycles. The van der Waals surface area contributed by atoms with Crippen LogP contribution in [-0.4, -0.2) is 13.3 Å². The summed E-state index contributed by atoms with van der Waals surface area (Å²) in [5.41, 5.74) is 1.83. The topological polar surface area (TPSA) is 35.9 Å². The van der Waals surface area contributed by atoms with Crippen molar-refractivity contribution >= 4 is 11.9 Å². The fourth-order valence-corrected chi connectivity index (χ4v) is 0.785. The van der Waals surface area contributed by atoms with E-state index in [-0.39, 0.29) is 51.4 Å². The number of hydrogen-bond acceptors (Lipinski definition) is 2. The predicted octanol–water partition coefficient (Wildman–Crippen LogP) is -1.47. The van der Waals surface area contributed by atoms with Crippen LogP contribution in [0.5, 0.6) is 0 Å². The van der Waals surface area contributed by atoms with Crippen molar-refractivity contribution in [3.8, 4) is 0 Å². The molecule has 0 amide bonds. The van der Waals surface area contributed by atoms with Gasteiger partial charge in [-0.2, -0.15) is 24.3 Å². The summed E-state index contributed by atoms with van der Waals surface area (Å²) in [6.07, 6.45) is 1.32. The van der Waals surface area contributed by atoms with Crippen molar-refractivity contribution in [2.24, 2.45) is 0 Å². The average molecular weight is 172 g/mol. The first-order valence-corrected chi connectivity index (χ1v) is 3.07. The van der Waals surface area contributed by atoms with E-state index in [2.05, 4.69) is 11.4 Å². The second-order valence-electron chi connectivity index (χ2n) is 1.91. The van der Waals surface area contributed by atoms with Crippen molar-refractivity contribution in [3.63, 3.8) is 0 Å². The van der Waals surface area contributed by atoms with Crippen LogP contribution in [-0.2, 0) is 0 Å². The first kappa shape index (κ1) is 11.3. The second-order valence-corrected chi connectivity index (χ2v) is 1.91. The summed E-state index contributed by atoms with van der Waals surface area (Å²) in [7, 11) is 1.83. The van der Waals surface area contributed by atoms with Crippen molar-refractivity contribution < 1.29 is 51.4 Å². The van der Waals surface area contributed by atoms with Gasteiger partial charge in [0.25, 0.3) is 0 Å². The fourth-order valence-electron chi connectivity index (χ4n) is 0.785. The molecule has 1 aromatic rings. The van der Waals surface area contributed by atoms with Gasteiger partial charge in [0.15, 0.2) is 0 Å². The van der Waals surface area contributed by atoms with E-state index in [0.717, 1.165) is 11.3 Å². The number of rotatable bonds is 2. The van der Waals surface area contributed by atoms with Crippen LogP contribution in [0.3, 0.4) is 0 Å². The zero-order valence-electron chi connectivity index (χ0n) is 6.81. The van der Waals surface area contributed by atoms with Gasteiger partial charge in [-0.1, -0.05) is 11.3 Å². The Hall–Kier alpha value is 0.326. The maximum Gasteiger partial charge on any atom is 1.00 e. The maximum absolute atomic E-state index is 7.01. The summed E-state index contributed by atoms with van der Waals surface area (Å²) in [5.74, 6) is 0. The molecule has 0 bridgehead atoms. The summed E-state index contributed by atoms with van der Waals surface area (Å²) >= 11 is 0. The smallest absolute Gasteiger partial charge is 0.439 e. The molecule has 0 fully saturated rings. The third-order valence-corrected chi connectivity index (χ3v) is 1.32. The molecule has 11 heavy (non-hydrogen) atoms. The van der Waals surface area contributed by atoms with Gasteiger partial charge in [-0.05, 0) is 7.05 Å². The monoisotopic (exact) mass is 172 g/mol. The van der Waals surface area contributed by atoms with Gasteiger partial charge in [0.05, 0.1) is 0 Å². The van der Waals surface area contributed by atoms with Gasteiger partial charge in [0, 0.05) is 6.21 Å². The van der Waals surface area contributed by atoms with Crippen LogP contribution in [0, 0.1) is 11.5 Å². The Balaban J connectivity index is 0.000001000.